The topological polar surface area (TPSA) is 95.9 Å². The van der Waals surface area contributed by atoms with Crippen molar-refractivity contribution in [3.8, 4) is 5.75 Å². The Labute approximate surface area is 140 Å². The first-order chi connectivity index (χ1) is 11.3. The number of nitrogens with zero attached hydrogens (tertiary/aromatic N) is 1. The molecule has 1 heterocycles. The Morgan fingerprint density at radius 2 is 2.04 bits per heavy atom. The molecule has 130 valence electrons. The summed E-state index contributed by atoms with van der Waals surface area (Å²) >= 11 is 0. The van der Waals surface area contributed by atoms with E-state index in [1.54, 1.807) is 13.8 Å². The average Bonchev–Trinajstić information content (AvgIpc) is 2.51. The van der Waals surface area contributed by atoms with E-state index < -0.39 is 11.6 Å². The van der Waals surface area contributed by atoms with Gasteiger partial charge in [-0.05, 0) is 38.5 Å². The first kappa shape index (κ1) is 17.8. The quantitative estimate of drug-likeness (QED) is 0.774. The maximum absolute atomic E-state index is 12.6. The number of carbonyl (C=O) groups excluding carboxylic acids is 2. The zero-order valence-corrected chi connectivity index (χ0v) is 14.1. The van der Waals surface area contributed by atoms with Crippen LogP contribution in [0.4, 0.5) is 5.69 Å². The Kier molecular flexibility index (Phi) is 5.11. The van der Waals surface area contributed by atoms with E-state index in [0.717, 1.165) is 12.8 Å². The lowest BCUT2D eigenvalue weighted by Gasteiger charge is -2.38. The molecule has 0 aromatic heterocycles. The fourth-order valence-electron chi connectivity index (χ4n) is 2.46. The summed E-state index contributed by atoms with van der Waals surface area (Å²) in [7, 11) is 0. The number of carbonyl (C=O) groups is 3. The highest BCUT2D eigenvalue weighted by atomic mass is 16.5. The van der Waals surface area contributed by atoms with E-state index in [-0.39, 0.29) is 23.9 Å². The van der Waals surface area contributed by atoms with Crippen molar-refractivity contribution in [2.24, 2.45) is 0 Å². The summed E-state index contributed by atoms with van der Waals surface area (Å²) in [5.74, 6) is -1.40. The third-order valence-electron chi connectivity index (χ3n) is 3.78. The van der Waals surface area contributed by atoms with Crippen molar-refractivity contribution in [3.05, 3.63) is 23.8 Å². The van der Waals surface area contributed by atoms with Crippen LogP contribution in [0.2, 0.25) is 0 Å². The molecular weight excluding hydrogens is 312 g/mol. The Bertz CT molecular complexity index is 669. The molecule has 0 bridgehead atoms. The SMILES string of the molecule is CCCCNC(=O)CN1C(=O)C(C)(C)Oc2ccc(C(=O)O)cc21. The van der Waals surface area contributed by atoms with Gasteiger partial charge in [-0.15, -0.1) is 0 Å². The smallest absolute Gasteiger partial charge is 0.335 e. The van der Waals surface area contributed by atoms with Gasteiger partial charge in [-0.25, -0.2) is 4.79 Å². The highest BCUT2D eigenvalue weighted by Gasteiger charge is 2.41. The number of hydrogen-bond donors (Lipinski definition) is 2. The maximum atomic E-state index is 12.6. The number of nitrogens with one attached hydrogen (secondary N) is 1. The minimum atomic E-state index is -1.12. The summed E-state index contributed by atoms with van der Waals surface area (Å²) in [5.41, 5.74) is -0.798. The summed E-state index contributed by atoms with van der Waals surface area (Å²) < 4.78 is 5.66. The molecule has 0 saturated carbocycles. The number of carboxylic acid groups (broad SMARTS) is 1. The van der Waals surface area contributed by atoms with E-state index in [4.69, 9.17) is 9.84 Å². The Hall–Kier alpha value is -2.57. The second kappa shape index (κ2) is 6.90. The van der Waals surface area contributed by atoms with Gasteiger partial charge in [0.05, 0.1) is 11.3 Å². The Morgan fingerprint density at radius 1 is 1.33 bits per heavy atom. The largest absolute Gasteiger partial charge is 0.478 e. The van der Waals surface area contributed by atoms with E-state index >= 15 is 0 Å². The molecule has 0 radical (unpaired) electrons. The zero-order chi connectivity index (χ0) is 17.9. The predicted molar refractivity (Wildman–Crippen MR) is 88.4 cm³/mol. The van der Waals surface area contributed by atoms with E-state index in [0.29, 0.717) is 18.0 Å². The van der Waals surface area contributed by atoms with Gasteiger partial charge >= 0.3 is 5.97 Å². The maximum Gasteiger partial charge on any atom is 0.335 e. The third-order valence-corrected chi connectivity index (χ3v) is 3.78. The fraction of sp³-hybridized carbons (Fsp3) is 0.471. The van der Waals surface area contributed by atoms with Crippen molar-refractivity contribution in [2.45, 2.75) is 39.2 Å². The number of anilines is 1. The molecule has 0 atom stereocenters. The van der Waals surface area contributed by atoms with Crippen LogP contribution in [0.25, 0.3) is 0 Å². The lowest BCUT2D eigenvalue weighted by Crippen LogP contribution is -2.55. The van der Waals surface area contributed by atoms with E-state index in [1.807, 2.05) is 6.92 Å². The fourth-order valence-corrected chi connectivity index (χ4v) is 2.46. The molecule has 24 heavy (non-hydrogen) atoms. The van der Waals surface area contributed by atoms with Crippen molar-refractivity contribution >= 4 is 23.5 Å². The van der Waals surface area contributed by atoms with Crippen LogP contribution in [0, 0.1) is 0 Å². The second-order valence-electron chi connectivity index (χ2n) is 6.19. The molecule has 1 aliphatic rings. The molecule has 0 aliphatic carbocycles. The van der Waals surface area contributed by atoms with Crippen molar-refractivity contribution in [2.75, 3.05) is 18.0 Å². The summed E-state index contributed by atoms with van der Waals surface area (Å²) in [5, 5.41) is 11.9. The van der Waals surface area contributed by atoms with E-state index in [1.165, 1.54) is 23.1 Å². The number of fused-ring (bicyclic) bond motifs is 1. The summed E-state index contributed by atoms with van der Waals surface area (Å²) in [6, 6.07) is 4.27. The first-order valence-corrected chi connectivity index (χ1v) is 7.91. The molecule has 0 unspecified atom stereocenters. The minimum Gasteiger partial charge on any atom is -0.478 e. The van der Waals surface area contributed by atoms with Gasteiger partial charge in [0, 0.05) is 6.54 Å². The monoisotopic (exact) mass is 334 g/mol. The molecule has 2 rings (SSSR count). The number of unbranched alkanes of at least 4 members (excludes halogenated alkanes) is 1. The van der Waals surface area contributed by atoms with Gasteiger partial charge in [-0.3, -0.25) is 14.5 Å². The van der Waals surface area contributed by atoms with Crippen LogP contribution >= 0.6 is 0 Å². The number of amides is 2. The Morgan fingerprint density at radius 3 is 2.67 bits per heavy atom. The normalized spacial score (nSPS) is 15.5. The van der Waals surface area contributed by atoms with Crippen LogP contribution in [-0.4, -0.2) is 41.6 Å². The van der Waals surface area contributed by atoms with Crippen LogP contribution in [-0.2, 0) is 9.59 Å². The van der Waals surface area contributed by atoms with E-state index in [9.17, 15) is 14.4 Å². The van der Waals surface area contributed by atoms with Crippen LogP contribution in [0.1, 0.15) is 44.0 Å². The summed E-state index contributed by atoms with van der Waals surface area (Å²) in [4.78, 5) is 37.2. The van der Waals surface area contributed by atoms with Crippen molar-refractivity contribution < 1.29 is 24.2 Å². The highest BCUT2D eigenvalue weighted by Crippen LogP contribution is 2.38. The molecular formula is C17H22N2O5. The van der Waals surface area contributed by atoms with Crippen molar-refractivity contribution in [3.63, 3.8) is 0 Å². The molecule has 0 spiro atoms. The number of benzene rings is 1. The number of ether oxygens (including phenoxy) is 1. The molecule has 1 aromatic rings. The highest BCUT2D eigenvalue weighted by molar-refractivity contribution is 6.06. The third kappa shape index (κ3) is 3.67. The molecule has 0 fully saturated rings. The standard InChI is InChI=1S/C17H22N2O5/c1-4-5-8-18-14(20)10-19-12-9-11(15(21)22)6-7-13(12)24-17(2,3)16(19)23/h6-7,9H,4-5,8,10H2,1-3H3,(H,18,20)(H,21,22). The average molecular weight is 334 g/mol. The van der Waals surface area contributed by atoms with Crippen LogP contribution in [0.5, 0.6) is 5.75 Å². The minimum absolute atomic E-state index is 0.0289. The molecule has 2 amide bonds. The van der Waals surface area contributed by atoms with Crippen LogP contribution < -0.4 is 15.0 Å². The summed E-state index contributed by atoms with van der Waals surface area (Å²) in [6.45, 7) is 5.62. The van der Waals surface area contributed by atoms with Gasteiger partial charge in [-0.2, -0.15) is 0 Å². The first-order valence-electron chi connectivity index (χ1n) is 7.91. The summed E-state index contributed by atoms with van der Waals surface area (Å²) in [6.07, 6.45) is 1.81. The lowest BCUT2D eigenvalue weighted by atomic mass is 10.0. The molecule has 7 nitrogen and oxygen atoms in total. The predicted octanol–water partition coefficient (Wildman–Crippen LogP) is 1.81. The van der Waals surface area contributed by atoms with Crippen molar-refractivity contribution in [1.29, 1.82) is 0 Å². The second-order valence-corrected chi connectivity index (χ2v) is 6.19. The molecule has 0 saturated heterocycles. The van der Waals surface area contributed by atoms with Gasteiger partial charge in [0.2, 0.25) is 5.91 Å². The van der Waals surface area contributed by atoms with Gasteiger partial charge in [0.1, 0.15) is 12.3 Å². The molecule has 7 heteroatoms. The van der Waals surface area contributed by atoms with E-state index in [2.05, 4.69) is 5.32 Å². The van der Waals surface area contributed by atoms with Gasteiger partial charge in [-0.1, -0.05) is 13.3 Å². The molecule has 2 N–H and O–H groups in total. The lowest BCUT2D eigenvalue weighted by molar-refractivity contribution is -0.134. The van der Waals surface area contributed by atoms with Gasteiger partial charge in [0.25, 0.3) is 5.91 Å². The van der Waals surface area contributed by atoms with Crippen molar-refractivity contribution in [1.82, 2.24) is 5.32 Å². The zero-order valence-electron chi connectivity index (χ0n) is 14.1. The number of carboxylic acids is 1. The van der Waals surface area contributed by atoms with Crippen LogP contribution in [0.15, 0.2) is 18.2 Å². The Balaban J connectivity index is 2.31. The molecule has 1 aliphatic heterocycles. The molecule has 1 aromatic carbocycles. The number of aromatic carboxylic acids is 1. The van der Waals surface area contributed by atoms with Gasteiger partial charge in [0.15, 0.2) is 5.60 Å². The number of hydrogen-bond acceptors (Lipinski definition) is 4. The number of rotatable bonds is 6. The van der Waals surface area contributed by atoms with Gasteiger partial charge < -0.3 is 15.2 Å². The van der Waals surface area contributed by atoms with Crippen LogP contribution in [0.3, 0.4) is 0 Å².